The van der Waals surface area contributed by atoms with Gasteiger partial charge in [-0.15, -0.1) is 0 Å². The number of hydrogen-bond acceptors (Lipinski definition) is 4. The van der Waals surface area contributed by atoms with Gasteiger partial charge >= 0.3 is 11.9 Å². The van der Waals surface area contributed by atoms with Crippen LogP contribution in [0.25, 0.3) is 0 Å². The van der Waals surface area contributed by atoms with Crippen LogP contribution in [0.3, 0.4) is 0 Å². The van der Waals surface area contributed by atoms with E-state index in [1.807, 2.05) is 0 Å². The van der Waals surface area contributed by atoms with Gasteiger partial charge in [0.2, 0.25) is 0 Å². The summed E-state index contributed by atoms with van der Waals surface area (Å²) < 4.78 is 0. The lowest BCUT2D eigenvalue weighted by molar-refractivity contribution is -0.141. The number of aliphatic carboxylic acids is 2. The van der Waals surface area contributed by atoms with E-state index in [9.17, 15) is 9.59 Å². The molecule has 1 unspecified atom stereocenters. The minimum atomic E-state index is -1.22. The van der Waals surface area contributed by atoms with Crippen LogP contribution in [-0.2, 0) is 9.59 Å². The normalized spacial score (nSPS) is 14.1. The SMILES string of the molecule is N[C@@H](CC(C(=O)O)c1ccccn1)C(=O)O. The van der Waals surface area contributed by atoms with Crippen LogP contribution in [-0.4, -0.2) is 33.2 Å². The topological polar surface area (TPSA) is 114 Å². The maximum atomic E-state index is 11.0. The minimum Gasteiger partial charge on any atom is -0.481 e. The summed E-state index contributed by atoms with van der Waals surface area (Å²) in [5.41, 5.74) is 5.61. The Hall–Kier alpha value is -1.95. The first-order chi connectivity index (χ1) is 7.52. The van der Waals surface area contributed by atoms with Crippen molar-refractivity contribution in [3.05, 3.63) is 30.1 Å². The molecule has 0 radical (unpaired) electrons. The Kier molecular flexibility index (Phi) is 3.96. The van der Waals surface area contributed by atoms with Crippen molar-refractivity contribution in [2.75, 3.05) is 0 Å². The summed E-state index contributed by atoms with van der Waals surface area (Å²) in [6, 6.07) is 3.63. The first-order valence-corrected chi connectivity index (χ1v) is 4.64. The highest BCUT2D eigenvalue weighted by Gasteiger charge is 2.26. The maximum absolute atomic E-state index is 11.0. The Balaban J connectivity index is 2.85. The average Bonchev–Trinajstić information content (AvgIpc) is 2.26. The third-order valence-electron chi connectivity index (χ3n) is 2.15. The van der Waals surface area contributed by atoms with Gasteiger partial charge in [0.25, 0.3) is 0 Å². The first-order valence-electron chi connectivity index (χ1n) is 4.64. The number of carbonyl (C=O) groups is 2. The molecule has 6 nitrogen and oxygen atoms in total. The smallest absolute Gasteiger partial charge is 0.320 e. The second-order valence-electron chi connectivity index (χ2n) is 3.33. The van der Waals surface area contributed by atoms with Crippen LogP contribution in [0.15, 0.2) is 24.4 Å². The fourth-order valence-electron chi connectivity index (χ4n) is 1.28. The molecule has 0 aliphatic carbocycles. The predicted octanol–water partition coefficient (Wildman–Crippen LogP) is 0.0518. The van der Waals surface area contributed by atoms with Crippen LogP contribution in [0.5, 0.6) is 0 Å². The molecule has 6 heteroatoms. The molecule has 0 fully saturated rings. The van der Waals surface area contributed by atoms with Gasteiger partial charge in [0.1, 0.15) is 12.0 Å². The Bertz CT molecular complexity index is 380. The molecular weight excluding hydrogens is 212 g/mol. The van der Waals surface area contributed by atoms with Gasteiger partial charge in [0.15, 0.2) is 0 Å². The average molecular weight is 224 g/mol. The van der Waals surface area contributed by atoms with E-state index in [1.165, 1.54) is 12.3 Å². The molecular formula is C10H12N2O4. The molecule has 16 heavy (non-hydrogen) atoms. The van der Waals surface area contributed by atoms with E-state index in [4.69, 9.17) is 15.9 Å². The molecule has 4 N–H and O–H groups in total. The van der Waals surface area contributed by atoms with Gasteiger partial charge in [0, 0.05) is 6.20 Å². The number of rotatable bonds is 5. The maximum Gasteiger partial charge on any atom is 0.320 e. The van der Waals surface area contributed by atoms with Gasteiger partial charge in [0.05, 0.1) is 5.69 Å². The molecule has 0 aliphatic rings. The Morgan fingerprint density at radius 2 is 2.00 bits per heavy atom. The molecule has 86 valence electrons. The zero-order valence-electron chi connectivity index (χ0n) is 8.41. The molecule has 0 saturated heterocycles. The molecule has 0 saturated carbocycles. The number of aromatic nitrogens is 1. The predicted molar refractivity (Wildman–Crippen MR) is 54.8 cm³/mol. The summed E-state index contributed by atoms with van der Waals surface area (Å²) in [6.45, 7) is 0. The lowest BCUT2D eigenvalue weighted by atomic mass is 9.96. The zero-order chi connectivity index (χ0) is 12.1. The van der Waals surface area contributed by atoms with Crippen LogP contribution in [0.1, 0.15) is 18.0 Å². The zero-order valence-corrected chi connectivity index (χ0v) is 8.41. The van der Waals surface area contributed by atoms with Crippen LogP contribution in [0.4, 0.5) is 0 Å². The first kappa shape index (κ1) is 12.1. The highest BCUT2D eigenvalue weighted by Crippen LogP contribution is 2.18. The van der Waals surface area contributed by atoms with E-state index >= 15 is 0 Å². The van der Waals surface area contributed by atoms with Crippen molar-refractivity contribution >= 4 is 11.9 Å². The van der Waals surface area contributed by atoms with Crippen LogP contribution < -0.4 is 5.73 Å². The van der Waals surface area contributed by atoms with Crippen molar-refractivity contribution in [2.24, 2.45) is 5.73 Å². The fraction of sp³-hybridized carbons (Fsp3) is 0.300. The molecule has 1 heterocycles. The number of pyridine rings is 1. The van der Waals surface area contributed by atoms with E-state index in [0.29, 0.717) is 5.69 Å². The van der Waals surface area contributed by atoms with E-state index in [1.54, 1.807) is 12.1 Å². The molecule has 0 aliphatic heterocycles. The largest absolute Gasteiger partial charge is 0.481 e. The summed E-state index contributed by atoms with van der Waals surface area (Å²) >= 11 is 0. The standard InChI is InChI=1S/C10H12N2O4/c11-7(10(15)16)5-6(9(13)14)8-3-1-2-4-12-8/h1-4,6-7H,5,11H2,(H,13,14)(H,15,16)/t6?,7-/m0/s1. The van der Waals surface area contributed by atoms with Gasteiger partial charge in [-0.05, 0) is 18.6 Å². The van der Waals surface area contributed by atoms with Gasteiger partial charge in [-0.25, -0.2) is 0 Å². The molecule has 2 atom stereocenters. The van der Waals surface area contributed by atoms with Gasteiger partial charge < -0.3 is 15.9 Å². The quantitative estimate of drug-likeness (QED) is 0.651. The summed E-state index contributed by atoms with van der Waals surface area (Å²) in [5.74, 6) is -3.34. The van der Waals surface area contributed by atoms with Crippen LogP contribution in [0.2, 0.25) is 0 Å². The summed E-state index contributed by atoms with van der Waals surface area (Å²) in [7, 11) is 0. The number of carboxylic acid groups (broad SMARTS) is 2. The molecule has 0 aromatic carbocycles. The van der Waals surface area contributed by atoms with Crippen LogP contribution in [0, 0.1) is 0 Å². The number of nitrogens with zero attached hydrogens (tertiary/aromatic N) is 1. The lowest BCUT2D eigenvalue weighted by Gasteiger charge is -2.13. The van der Waals surface area contributed by atoms with Crippen molar-refractivity contribution < 1.29 is 19.8 Å². The molecule has 0 amide bonds. The van der Waals surface area contributed by atoms with E-state index in [-0.39, 0.29) is 6.42 Å². The summed E-state index contributed by atoms with van der Waals surface area (Å²) in [5, 5.41) is 17.6. The minimum absolute atomic E-state index is 0.179. The highest BCUT2D eigenvalue weighted by molar-refractivity contribution is 5.78. The van der Waals surface area contributed by atoms with Gasteiger partial charge in [-0.2, -0.15) is 0 Å². The number of carboxylic acids is 2. The van der Waals surface area contributed by atoms with Crippen molar-refractivity contribution in [1.82, 2.24) is 4.98 Å². The van der Waals surface area contributed by atoms with Crippen molar-refractivity contribution in [3.63, 3.8) is 0 Å². The van der Waals surface area contributed by atoms with Crippen LogP contribution >= 0.6 is 0 Å². The van der Waals surface area contributed by atoms with E-state index < -0.39 is 23.9 Å². The third-order valence-corrected chi connectivity index (χ3v) is 2.15. The number of hydrogen-bond donors (Lipinski definition) is 3. The number of nitrogens with two attached hydrogens (primary N) is 1. The lowest BCUT2D eigenvalue weighted by Crippen LogP contribution is -2.33. The van der Waals surface area contributed by atoms with E-state index in [0.717, 1.165) is 0 Å². The summed E-state index contributed by atoms with van der Waals surface area (Å²) in [4.78, 5) is 25.4. The second kappa shape index (κ2) is 5.22. The monoisotopic (exact) mass is 224 g/mol. The Labute approximate surface area is 91.7 Å². The fourth-order valence-corrected chi connectivity index (χ4v) is 1.28. The molecule has 1 rings (SSSR count). The van der Waals surface area contributed by atoms with Gasteiger partial charge in [-0.3, -0.25) is 14.6 Å². The summed E-state index contributed by atoms with van der Waals surface area (Å²) in [6.07, 6.45) is 1.28. The Morgan fingerprint density at radius 1 is 1.31 bits per heavy atom. The third kappa shape index (κ3) is 3.03. The second-order valence-corrected chi connectivity index (χ2v) is 3.33. The van der Waals surface area contributed by atoms with Crippen molar-refractivity contribution in [3.8, 4) is 0 Å². The Morgan fingerprint density at radius 3 is 2.44 bits per heavy atom. The highest BCUT2D eigenvalue weighted by atomic mass is 16.4. The van der Waals surface area contributed by atoms with Gasteiger partial charge in [-0.1, -0.05) is 6.07 Å². The van der Waals surface area contributed by atoms with Crippen molar-refractivity contribution in [2.45, 2.75) is 18.4 Å². The molecule has 0 spiro atoms. The molecule has 1 aromatic heterocycles. The molecule has 1 aromatic rings. The molecule has 0 bridgehead atoms. The van der Waals surface area contributed by atoms with Crippen molar-refractivity contribution in [1.29, 1.82) is 0 Å². The van der Waals surface area contributed by atoms with E-state index in [2.05, 4.69) is 4.98 Å².